The molecule has 0 unspecified atom stereocenters. The zero-order valence-electron chi connectivity index (χ0n) is 15.2. The molecule has 0 saturated carbocycles. The summed E-state index contributed by atoms with van der Waals surface area (Å²) in [6, 6.07) is 11.7. The van der Waals surface area contributed by atoms with Gasteiger partial charge in [-0.15, -0.1) is 16.8 Å². The maximum Gasteiger partial charge on any atom is 0.234 e. The van der Waals surface area contributed by atoms with Crippen LogP contribution in [0, 0.1) is 12.7 Å². The van der Waals surface area contributed by atoms with Crippen molar-refractivity contribution in [2.45, 2.75) is 18.6 Å². The van der Waals surface area contributed by atoms with Crippen LogP contribution in [0.25, 0.3) is 11.4 Å². The van der Waals surface area contributed by atoms with Gasteiger partial charge < -0.3 is 5.32 Å². The maximum absolute atomic E-state index is 14.1. The van der Waals surface area contributed by atoms with E-state index in [-0.39, 0.29) is 17.5 Å². The Balaban J connectivity index is 1.75. The molecular weight excluding hydrogens is 399 g/mol. The predicted molar refractivity (Wildman–Crippen MR) is 111 cm³/mol. The van der Waals surface area contributed by atoms with Crippen LogP contribution in [0.4, 0.5) is 10.1 Å². The highest BCUT2D eigenvalue weighted by Gasteiger charge is 2.17. The molecular formula is C20H18ClFN4OS. The standard InChI is InChI=1S/C20H18ClFN4OS/c1-3-10-26-19(15-6-4-5-7-16(15)22)24-25-20(26)28-12-18(27)23-17-11-14(21)9-8-13(17)2/h3-9,11H,1,10,12H2,2H3,(H,23,27). The highest BCUT2D eigenvalue weighted by molar-refractivity contribution is 7.99. The highest BCUT2D eigenvalue weighted by atomic mass is 35.5. The molecule has 0 spiro atoms. The molecule has 1 heterocycles. The van der Waals surface area contributed by atoms with Crippen LogP contribution in [0.15, 0.2) is 60.3 Å². The summed E-state index contributed by atoms with van der Waals surface area (Å²) < 4.78 is 15.9. The van der Waals surface area contributed by atoms with Crippen LogP contribution in [-0.2, 0) is 11.3 Å². The number of nitrogens with zero attached hydrogens (tertiary/aromatic N) is 3. The quantitative estimate of drug-likeness (QED) is 0.436. The number of hydrogen-bond donors (Lipinski definition) is 1. The van der Waals surface area contributed by atoms with Crippen LogP contribution in [0.2, 0.25) is 5.02 Å². The van der Waals surface area contributed by atoms with E-state index in [1.807, 2.05) is 13.0 Å². The number of nitrogens with one attached hydrogen (secondary N) is 1. The lowest BCUT2D eigenvalue weighted by Crippen LogP contribution is -2.15. The lowest BCUT2D eigenvalue weighted by molar-refractivity contribution is -0.113. The Labute approximate surface area is 171 Å². The highest BCUT2D eigenvalue weighted by Crippen LogP contribution is 2.26. The van der Waals surface area contributed by atoms with Gasteiger partial charge in [0.25, 0.3) is 0 Å². The first-order valence-corrected chi connectivity index (χ1v) is 9.83. The summed E-state index contributed by atoms with van der Waals surface area (Å²) in [5.41, 5.74) is 1.93. The molecule has 0 aliphatic rings. The van der Waals surface area contributed by atoms with Crippen molar-refractivity contribution in [2.75, 3.05) is 11.1 Å². The number of halogens is 2. The molecule has 3 rings (SSSR count). The van der Waals surface area contributed by atoms with Crippen molar-refractivity contribution in [1.29, 1.82) is 0 Å². The van der Waals surface area contributed by atoms with Crippen molar-refractivity contribution < 1.29 is 9.18 Å². The van der Waals surface area contributed by atoms with Gasteiger partial charge >= 0.3 is 0 Å². The summed E-state index contributed by atoms with van der Waals surface area (Å²) in [5, 5.41) is 12.1. The van der Waals surface area contributed by atoms with Crippen molar-refractivity contribution in [2.24, 2.45) is 0 Å². The molecule has 0 bridgehead atoms. The number of amides is 1. The van der Waals surface area contributed by atoms with Gasteiger partial charge in [0.15, 0.2) is 11.0 Å². The van der Waals surface area contributed by atoms with Gasteiger partial charge in [-0.05, 0) is 36.8 Å². The Morgan fingerprint density at radius 1 is 1.32 bits per heavy atom. The topological polar surface area (TPSA) is 59.8 Å². The van der Waals surface area contributed by atoms with E-state index in [2.05, 4.69) is 22.1 Å². The normalized spacial score (nSPS) is 10.7. The van der Waals surface area contributed by atoms with Crippen LogP contribution in [0.5, 0.6) is 0 Å². The summed E-state index contributed by atoms with van der Waals surface area (Å²) in [5.74, 6) is -0.0631. The number of thioether (sulfide) groups is 1. The van der Waals surface area contributed by atoms with E-state index in [0.717, 1.165) is 5.56 Å². The number of carbonyl (C=O) groups is 1. The second-order valence-corrected chi connectivity index (χ2v) is 7.36. The Bertz CT molecular complexity index is 1020. The zero-order chi connectivity index (χ0) is 20.1. The number of carbonyl (C=O) groups excluding carboxylic acids is 1. The van der Waals surface area contributed by atoms with Crippen LogP contribution in [0.1, 0.15) is 5.56 Å². The van der Waals surface area contributed by atoms with Gasteiger partial charge in [0.05, 0.1) is 11.3 Å². The predicted octanol–water partition coefficient (Wildman–Crippen LogP) is 4.96. The molecule has 1 aromatic heterocycles. The number of benzene rings is 2. The number of anilines is 1. The van der Waals surface area contributed by atoms with E-state index in [0.29, 0.717) is 33.8 Å². The minimum absolute atomic E-state index is 0.124. The molecule has 0 atom stereocenters. The van der Waals surface area contributed by atoms with Crippen molar-refractivity contribution in [1.82, 2.24) is 14.8 Å². The fourth-order valence-corrected chi connectivity index (χ4v) is 3.50. The Morgan fingerprint density at radius 3 is 2.86 bits per heavy atom. The van der Waals surface area contributed by atoms with E-state index in [9.17, 15) is 9.18 Å². The Morgan fingerprint density at radius 2 is 2.11 bits per heavy atom. The van der Waals surface area contributed by atoms with Gasteiger partial charge in [-0.1, -0.05) is 47.6 Å². The lowest BCUT2D eigenvalue weighted by atomic mass is 10.2. The smallest absolute Gasteiger partial charge is 0.234 e. The van der Waals surface area contributed by atoms with E-state index in [1.54, 1.807) is 41.0 Å². The molecule has 0 radical (unpaired) electrons. The average molecular weight is 417 g/mol. The first kappa shape index (κ1) is 20.1. The van der Waals surface area contributed by atoms with Crippen molar-refractivity contribution in [3.05, 3.63) is 71.5 Å². The summed E-state index contributed by atoms with van der Waals surface area (Å²) in [6.45, 7) is 6.02. The molecule has 144 valence electrons. The molecule has 2 aromatic carbocycles. The third kappa shape index (κ3) is 4.61. The summed E-state index contributed by atoms with van der Waals surface area (Å²) in [4.78, 5) is 12.3. The van der Waals surface area contributed by atoms with Crippen LogP contribution >= 0.6 is 23.4 Å². The van der Waals surface area contributed by atoms with Crippen molar-refractivity contribution >= 4 is 35.0 Å². The number of aryl methyl sites for hydroxylation is 1. The van der Waals surface area contributed by atoms with Crippen molar-refractivity contribution in [3.63, 3.8) is 0 Å². The van der Waals surface area contributed by atoms with E-state index < -0.39 is 0 Å². The molecule has 8 heteroatoms. The van der Waals surface area contributed by atoms with Gasteiger partial charge in [0.1, 0.15) is 5.82 Å². The van der Waals surface area contributed by atoms with Gasteiger partial charge in [-0.25, -0.2) is 4.39 Å². The second kappa shape index (κ2) is 9.03. The monoisotopic (exact) mass is 416 g/mol. The van der Waals surface area contributed by atoms with Gasteiger partial charge in [0, 0.05) is 17.3 Å². The third-order valence-electron chi connectivity index (χ3n) is 3.95. The first-order chi connectivity index (χ1) is 13.5. The summed E-state index contributed by atoms with van der Waals surface area (Å²) in [6.07, 6.45) is 1.67. The minimum Gasteiger partial charge on any atom is -0.325 e. The average Bonchev–Trinajstić information content (AvgIpc) is 3.06. The van der Waals surface area contributed by atoms with Crippen LogP contribution < -0.4 is 5.32 Å². The van der Waals surface area contributed by atoms with E-state index in [1.165, 1.54) is 17.8 Å². The van der Waals surface area contributed by atoms with Crippen molar-refractivity contribution in [3.8, 4) is 11.4 Å². The van der Waals surface area contributed by atoms with E-state index in [4.69, 9.17) is 11.6 Å². The number of aromatic nitrogens is 3. The van der Waals surface area contributed by atoms with Gasteiger partial charge in [-0.2, -0.15) is 0 Å². The summed E-state index contributed by atoms with van der Waals surface area (Å²) >= 11 is 7.20. The Kier molecular flexibility index (Phi) is 6.49. The Hall–Kier alpha value is -2.64. The molecule has 0 aliphatic heterocycles. The second-order valence-electron chi connectivity index (χ2n) is 5.98. The first-order valence-electron chi connectivity index (χ1n) is 8.47. The van der Waals surface area contributed by atoms with Gasteiger partial charge in [0.2, 0.25) is 5.91 Å². The molecule has 0 saturated heterocycles. The maximum atomic E-state index is 14.1. The van der Waals surface area contributed by atoms with Gasteiger partial charge in [-0.3, -0.25) is 9.36 Å². The molecule has 1 N–H and O–H groups in total. The molecule has 28 heavy (non-hydrogen) atoms. The third-order valence-corrected chi connectivity index (χ3v) is 5.15. The SMILES string of the molecule is C=CCn1c(SCC(=O)Nc2cc(Cl)ccc2C)nnc1-c1ccccc1F. The molecule has 1 amide bonds. The van der Waals surface area contributed by atoms with Crippen LogP contribution in [-0.4, -0.2) is 26.4 Å². The largest absolute Gasteiger partial charge is 0.325 e. The fourth-order valence-electron chi connectivity index (χ4n) is 2.58. The number of hydrogen-bond acceptors (Lipinski definition) is 4. The fraction of sp³-hybridized carbons (Fsp3) is 0.150. The number of allylic oxidation sites excluding steroid dienone is 1. The summed E-state index contributed by atoms with van der Waals surface area (Å²) in [7, 11) is 0. The minimum atomic E-state index is -0.383. The number of rotatable bonds is 7. The van der Waals surface area contributed by atoms with E-state index >= 15 is 0 Å². The zero-order valence-corrected chi connectivity index (χ0v) is 16.7. The lowest BCUT2D eigenvalue weighted by Gasteiger charge is -2.10. The molecule has 0 aliphatic carbocycles. The molecule has 0 fully saturated rings. The van der Waals surface area contributed by atoms with Crippen LogP contribution in [0.3, 0.4) is 0 Å². The molecule has 5 nitrogen and oxygen atoms in total. The molecule has 3 aromatic rings.